The molecule has 0 saturated heterocycles. The first-order valence-electron chi connectivity index (χ1n) is 4.93. The van der Waals surface area contributed by atoms with Crippen molar-refractivity contribution in [1.29, 1.82) is 0 Å². The molecular formula is C10H14Cl2N2O2. The van der Waals surface area contributed by atoms with Crippen LogP contribution in [0, 0.1) is 6.92 Å². The molecule has 6 heteroatoms. The quantitative estimate of drug-likeness (QED) is 0.831. The Hall–Kier alpha value is -0.740. The molecule has 1 N–H and O–H groups in total. The lowest BCUT2D eigenvalue weighted by molar-refractivity contribution is 0.0884. The highest BCUT2D eigenvalue weighted by Gasteiger charge is 2.30. The van der Waals surface area contributed by atoms with E-state index in [1.54, 1.807) is 6.92 Å². The number of aryl methyl sites for hydroxylation is 1. The fourth-order valence-electron chi connectivity index (χ4n) is 1.20. The van der Waals surface area contributed by atoms with E-state index in [4.69, 9.17) is 27.6 Å². The maximum absolute atomic E-state index is 11.9. The van der Waals surface area contributed by atoms with Crippen molar-refractivity contribution in [2.45, 2.75) is 25.8 Å². The molecule has 0 saturated carbocycles. The second kappa shape index (κ2) is 5.55. The summed E-state index contributed by atoms with van der Waals surface area (Å²) >= 11 is 11.6. The van der Waals surface area contributed by atoms with Crippen molar-refractivity contribution in [3.63, 3.8) is 0 Å². The molecule has 0 aliphatic heterocycles. The van der Waals surface area contributed by atoms with Gasteiger partial charge in [-0.05, 0) is 13.3 Å². The summed E-state index contributed by atoms with van der Waals surface area (Å²) in [5.74, 6) is 0.379. The van der Waals surface area contributed by atoms with E-state index in [9.17, 15) is 4.79 Å². The van der Waals surface area contributed by atoms with Gasteiger partial charge in [0.2, 0.25) is 5.76 Å². The van der Waals surface area contributed by atoms with Gasteiger partial charge in [0.05, 0.1) is 11.2 Å². The summed E-state index contributed by atoms with van der Waals surface area (Å²) in [6.07, 6.45) is 1.89. The van der Waals surface area contributed by atoms with Crippen molar-refractivity contribution in [1.82, 2.24) is 10.3 Å². The molecule has 0 spiro atoms. The van der Waals surface area contributed by atoms with Crippen LogP contribution >= 0.6 is 23.2 Å². The maximum atomic E-state index is 11.9. The van der Waals surface area contributed by atoms with Gasteiger partial charge >= 0.3 is 0 Å². The highest BCUT2D eigenvalue weighted by atomic mass is 35.5. The van der Waals surface area contributed by atoms with Gasteiger partial charge in [0.1, 0.15) is 0 Å². The number of aromatic nitrogens is 1. The minimum Gasteiger partial charge on any atom is -0.438 e. The number of hydrogen-bond acceptors (Lipinski definition) is 3. The molecule has 0 aliphatic carbocycles. The first kappa shape index (κ1) is 13.3. The van der Waals surface area contributed by atoms with Crippen LogP contribution in [-0.4, -0.2) is 28.2 Å². The Morgan fingerprint density at radius 3 is 2.56 bits per heavy atom. The molecular weight excluding hydrogens is 251 g/mol. The Morgan fingerprint density at radius 2 is 2.19 bits per heavy atom. The molecule has 1 rings (SSSR count). The summed E-state index contributed by atoms with van der Waals surface area (Å²) in [7, 11) is 0. The van der Waals surface area contributed by atoms with Crippen LogP contribution in [-0.2, 0) is 0 Å². The average Bonchev–Trinajstić information content (AvgIpc) is 2.72. The number of carbonyl (C=O) groups excluding carboxylic acids is 1. The van der Waals surface area contributed by atoms with Crippen LogP contribution in [0.4, 0.5) is 0 Å². The molecule has 1 amide bonds. The van der Waals surface area contributed by atoms with Crippen molar-refractivity contribution < 1.29 is 9.21 Å². The average molecular weight is 265 g/mol. The lowest BCUT2D eigenvalue weighted by Crippen LogP contribution is -2.51. The summed E-state index contributed by atoms with van der Waals surface area (Å²) in [6, 6.07) is 0. The predicted octanol–water partition coefficient (Wildman–Crippen LogP) is 2.34. The fraction of sp³-hybridized carbons (Fsp3) is 0.600. The third kappa shape index (κ3) is 2.68. The normalized spacial score (nSPS) is 11.5. The van der Waals surface area contributed by atoms with Gasteiger partial charge in [-0.25, -0.2) is 4.98 Å². The molecule has 90 valence electrons. The Morgan fingerprint density at radius 1 is 1.56 bits per heavy atom. The maximum Gasteiger partial charge on any atom is 0.289 e. The minimum atomic E-state index is -0.598. The van der Waals surface area contributed by atoms with Crippen molar-refractivity contribution >= 4 is 29.1 Å². The van der Waals surface area contributed by atoms with Crippen LogP contribution in [0.2, 0.25) is 0 Å². The SMILES string of the molecule is CCC(CCl)(CCl)NC(=O)c1ocnc1C. The number of halogens is 2. The van der Waals surface area contributed by atoms with E-state index < -0.39 is 5.54 Å². The number of amides is 1. The number of oxazole rings is 1. The standard InChI is InChI=1S/C10H14Cl2N2O2/c1-3-10(4-11,5-12)14-9(15)8-7(2)13-6-16-8/h6H,3-5H2,1-2H3,(H,14,15). The van der Waals surface area contributed by atoms with E-state index in [1.165, 1.54) is 6.39 Å². The molecule has 0 unspecified atom stereocenters. The zero-order valence-electron chi connectivity index (χ0n) is 9.22. The second-order valence-electron chi connectivity index (χ2n) is 3.62. The molecule has 1 aromatic heterocycles. The van der Waals surface area contributed by atoms with E-state index in [2.05, 4.69) is 10.3 Å². The van der Waals surface area contributed by atoms with E-state index in [0.29, 0.717) is 12.1 Å². The summed E-state index contributed by atoms with van der Waals surface area (Å²) in [5, 5.41) is 2.79. The molecule has 1 aromatic rings. The number of hydrogen-bond donors (Lipinski definition) is 1. The van der Waals surface area contributed by atoms with Crippen LogP contribution in [0.25, 0.3) is 0 Å². The number of alkyl halides is 2. The molecule has 0 aliphatic rings. The lowest BCUT2D eigenvalue weighted by atomic mass is 10.0. The minimum absolute atomic E-state index is 0.202. The van der Waals surface area contributed by atoms with Gasteiger partial charge in [-0.3, -0.25) is 4.79 Å². The van der Waals surface area contributed by atoms with Crippen molar-refractivity contribution in [3.05, 3.63) is 17.8 Å². The summed E-state index contributed by atoms with van der Waals surface area (Å²) in [4.78, 5) is 15.7. The zero-order valence-corrected chi connectivity index (χ0v) is 10.7. The number of carbonyl (C=O) groups is 1. The zero-order chi connectivity index (χ0) is 12.2. The van der Waals surface area contributed by atoms with Gasteiger partial charge in [-0.15, -0.1) is 23.2 Å². The van der Waals surface area contributed by atoms with Crippen LogP contribution in [0.5, 0.6) is 0 Å². The van der Waals surface area contributed by atoms with Crippen molar-refractivity contribution in [3.8, 4) is 0 Å². The van der Waals surface area contributed by atoms with E-state index in [-0.39, 0.29) is 23.4 Å². The van der Waals surface area contributed by atoms with Gasteiger partial charge in [0.25, 0.3) is 5.91 Å². The largest absolute Gasteiger partial charge is 0.438 e. The number of rotatable bonds is 5. The third-order valence-electron chi connectivity index (χ3n) is 2.52. The van der Waals surface area contributed by atoms with Gasteiger partial charge in [0, 0.05) is 11.8 Å². The smallest absolute Gasteiger partial charge is 0.289 e. The summed E-state index contributed by atoms with van der Waals surface area (Å²) in [5.41, 5.74) is -0.0500. The molecule has 0 fully saturated rings. The van der Waals surface area contributed by atoms with Crippen molar-refractivity contribution in [2.24, 2.45) is 0 Å². The van der Waals surface area contributed by atoms with Crippen LogP contribution in [0.3, 0.4) is 0 Å². The third-order valence-corrected chi connectivity index (χ3v) is 3.54. The monoisotopic (exact) mass is 264 g/mol. The number of nitrogens with one attached hydrogen (secondary N) is 1. The highest BCUT2D eigenvalue weighted by Crippen LogP contribution is 2.16. The van der Waals surface area contributed by atoms with E-state index >= 15 is 0 Å². The van der Waals surface area contributed by atoms with E-state index in [1.807, 2.05) is 6.92 Å². The van der Waals surface area contributed by atoms with Crippen LogP contribution in [0.1, 0.15) is 29.6 Å². The highest BCUT2D eigenvalue weighted by molar-refractivity contribution is 6.22. The Labute approximate surface area is 104 Å². The van der Waals surface area contributed by atoms with E-state index in [0.717, 1.165) is 0 Å². The van der Waals surface area contributed by atoms with Gasteiger partial charge < -0.3 is 9.73 Å². The van der Waals surface area contributed by atoms with Gasteiger partial charge in [-0.2, -0.15) is 0 Å². The Kier molecular flexibility index (Phi) is 4.62. The van der Waals surface area contributed by atoms with Crippen molar-refractivity contribution in [2.75, 3.05) is 11.8 Å². The first-order valence-corrected chi connectivity index (χ1v) is 6.00. The van der Waals surface area contributed by atoms with Gasteiger partial charge in [0.15, 0.2) is 6.39 Å². The number of nitrogens with zero attached hydrogens (tertiary/aromatic N) is 1. The predicted molar refractivity (Wildman–Crippen MR) is 63.2 cm³/mol. The summed E-state index contributed by atoms with van der Waals surface area (Å²) < 4.78 is 5.00. The fourth-order valence-corrected chi connectivity index (χ4v) is 1.99. The van der Waals surface area contributed by atoms with Gasteiger partial charge in [-0.1, -0.05) is 6.92 Å². The lowest BCUT2D eigenvalue weighted by Gasteiger charge is -2.28. The first-order chi connectivity index (χ1) is 7.58. The molecule has 4 nitrogen and oxygen atoms in total. The molecule has 0 bridgehead atoms. The Bertz CT molecular complexity index is 353. The molecule has 0 atom stereocenters. The molecule has 0 radical (unpaired) electrons. The Balaban J connectivity index is 2.81. The molecule has 0 aromatic carbocycles. The second-order valence-corrected chi connectivity index (χ2v) is 4.16. The van der Waals surface area contributed by atoms with Crippen LogP contribution < -0.4 is 5.32 Å². The van der Waals surface area contributed by atoms with Crippen LogP contribution in [0.15, 0.2) is 10.8 Å². The summed E-state index contributed by atoms with van der Waals surface area (Å²) in [6.45, 7) is 3.62. The topological polar surface area (TPSA) is 55.1 Å². The molecule has 16 heavy (non-hydrogen) atoms. The molecule has 1 heterocycles.